The molecule has 0 aliphatic carbocycles. The van der Waals surface area contributed by atoms with E-state index >= 15 is 0 Å². The molecule has 0 saturated carbocycles. The molecule has 4 rings (SSSR count). The smallest absolute Gasteiger partial charge is 0.257 e. The van der Waals surface area contributed by atoms with E-state index in [4.69, 9.17) is 0 Å². The van der Waals surface area contributed by atoms with Gasteiger partial charge in [0, 0.05) is 24.7 Å². The lowest BCUT2D eigenvalue weighted by Crippen LogP contribution is -2.46. The second-order valence-electron chi connectivity index (χ2n) is 8.15. The van der Waals surface area contributed by atoms with Crippen LogP contribution in [-0.4, -0.2) is 45.6 Å². The molecule has 3 aromatic rings. The van der Waals surface area contributed by atoms with Crippen LogP contribution in [0.3, 0.4) is 0 Å². The Balaban J connectivity index is 1.42. The minimum atomic E-state index is -0.0429. The van der Waals surface area contributed by atoms with Gasteiger partial charge in [-0.15, -0.1) is 0 Å². The van der Waals surface area contributed by atoms with Gasteiger partial charge in [0.25, 0.3) is 11.8 Å². The lowest BCUT2D eigenvalue weighted by atomic mass is 10.0. The van der Waals surface area contributed by atoms with E-state index in [1.165, 1.54) is 0 Å². The summed E-state index contributed by atoms with van der Waals surface area (Å²) in [6.07, 6.45) is 1.49. The van der Waals surface area contributed by atoms with Crippen molar-refractivity contribution >= 4 is 11.8 Å². The van der Waals surface area contributed by atoms with Gasteiger partial charge in [-0.1, -0.05) is 36.4 Å². The van der Waals surface area contributed by atoms with Gasteiger partial charge in [-0.2, -0.15) is 5.10 Å². The van der Waals surface area contributed by atoms with E-state index in [0.717, 1.165) is 35.5 Å². The summed E-state index contributed by atoms with van der Waals surface area (Å²) < 4.78 is 1.83. The zero-order valence-corrected chi connectivity index (χ0v) is 18.3. The Labute approximate surface area is 182 Å². The minimum absolute atomic E-state index is 0.0147. The first-order valence-corrected chi connectivity index (χ1v) is 10.7. The fourth-order valence-corrected chi connectivity index (χ4v) is 4.25. The van der Waals surface area contributed by atoms with Crippen molar-refractivity contribution in [1.29, 1.82) is 0 Å². The highest BCUT2D eigenvalue weighted by Gasteiger charge is 2.28. The quantitative estimate of drug-likeness (QED) is 0.703. The lowest BCUT2D eigenvalue weighted by molar-refractivity contribution is 0.0696. The highest BCUT2D eigenvalue weighted by Crippen LogP contribution is 2.22. The molecule has 0 atom stereocenters. The van der Waals surface area contributed by atoms with E-state index in [-0.39, 0.29) is 17.9 Å². The largest absolute Gasteiger partial charge is 0.349 e. The predicted octanol–water partition coefficient (Wildman–Crippen LogP) is 3.83. The van der Waals surface area contributed by atoms with Gasteiger partial charge in [0.1, 0.15) is 0 Å². The average Bonchev–Trinajstić information content (AvgIpc) is 3.08. The van der Waals surface area contributed by atoms with Gasteiger partial charge in [0.2, 0.25) is 0 Å². The molecule has 1 saturated heterocycles. The zero-order valence-electron chi connectivity index (χ0n) is 18.3. The maximum Gasteiger partial charge on any atom is 0.257 e. The van der Waals surface area contributed by atoms with Crippen LogP contribution in [0, 0.1) is 20.8 Å². The third-order valence-electron chi connectivity index (χ3n) is 6.01. The zero-order chi connectivity index (χ0) is 22.0. The number of aromatic nitrogens is 2. The molecular weight excluding hydrogens is 388 g/mol. The average molecular weight is 417 g/mol. The van der Waals surface area contributed by atoms with Crippen LogP contribution in [0.5, 0.6) is 0 Å². The molecule has 160 valence electrons. The van der Waals surface area contributed by atoms with E-state index in [9.17, 15) is 9.59 Å². The van der Waals surface area contributed by atoms with Crippen LogP contribution in [0.15, 0.2) is 54.6 Å². The van der Waals surface area contributed by atoms with E-state index < -0.39 is 0 Å². The van der Waals surface area contributed by atoms with Gasteiger partial charge in [-0.05, 0) is 57.4 Å². The van der Waals surface area contributed by atoms with Crippen molar-refractivity contribution in [3.05, 3.63) is 82.7 Å². The monoisotopic (exact) mass is 416 g/mol. The molecule has 0 radical (unpaired) electrons. The summed E-state index contributed by atoms with van der Waals surface area (Å²) in [5, 5.41) is 7.73. The Kier molecular flexibility index (Phi) is 5.89. The van der Waals surface area contributed by atoms with Gasteiger partial charge in [-0.3, -0.25) is 9.59 Å². The Morgan fingerprint density at radius 2 is 1.58 bits per heavy atom. The van der Waals surface area contributed by atoms with E-state index in [0.29, 0.717) is 24.2 Å². The first kappa shape index (κ1) is 20.8. The van der Waals surface area contributed by atoms with Crippen LogP contribution < -0.4 is 5.32 Å². The molecule has 0 spiro atoms. The summed E-state index contributed by atoms with van der Waals surface area (Å²) in [5.74, 6) is -0.0282. The molecule has 1 aliphatic rings. The Bertz CT molecular complexity index is 1100. The topological polar surface area (TPSA) is 67.2 Å². The van der Waals surface area contributed by atoms with Crippen LogP contribution in [0.2, 0.25) is 0 Å². The molecule has 1 fully saturated rings. The fraction of sp³-hybridized carbons (Fsp3) is 0.320. The normalized spacial score (nSPS) is 14.5. The Morgan fingerprint density at radius 3 is 2.26 bits per heavy atom. The first-order chi connectivity index (χ1) is 15.0. The number of nitrogens with zero attached hydrogens (tertiary/aromatic N) is 3. The summed E-state index contributed by atoms with van der Waals surface area (Å²) in [4.78, 5) is 27.7. The van der Waals surface area contributed by atoms with Crippen LogP contribution in [0.4, 0.5) is 0 Å². The standard InChI is InChI=1S/C25H28N4O2/c1-17-9-7-8-12-22(17)24(30)26-20-13-15-28(16-14-20)25(31)23-18(2)27-29(19(23)3)21-10-5-4-6-11-21/h4-12,20H,13-16H2,1-3H3,(H,26,30). The van der Waals surface area contributed by atoms with Crippen LogP contribution in [0.25, 0.3) is 5.69 Å². The third kappa shape index (κ3) is 4.24. The van der Waals surface area contributed by atoms with Crippen LogP contribution in [-0.2, 0) is 0 Å². The second-order valence-corrected chi connectivity index (χ2v) is 8.15. The molecule has 6 heteroatoms. The number of rotatable bonds is 4. The molecule has 1 N–H and O–H groups in total. The summed E-state index contributed by atoms with van der Waals surface area (Å²) in [7, 11) is 0. The molecule has 6 nitrogen and oxygen atoms in total. The minimum Gasteiger partial charge on any atom is -0.349 e. The third-order valence-corrected chi connectivity index (χ3v) is 6.01. The molecule has 1 aliphatic heterocycles. The number of aryl methyl sites for hydroxylation is 2. The number of benzene rings is 2. The van der Waals surface area contributed by atoms with E-state index in [1.54, 1.807) is 0 Å². The van der Waals surface area contributed by atoms with Crippen LogP contribution >= 0.6 is 0 Å². The number of carbonyl (C=O) groups is 2. The lowest BCUT2D eigenvalue weighted by Gasteiger charge is -2.32. The Morgan fingerprint density at radius 1 is 0.935 bits per heavy atom. The van der Waals surface area contributed by atoms with Crippen molar-refractivity contribution in [2.45, 2.75) is 39.7 Å². The number of nitrogens with one attached hydrogen (secondary N) is 1. The highest BCUT2D eigenvalue weighted by atomic mass is 16.2. The molecule has 0 unspecified atom stereocenters. The van der Waals surface area contributed by atoms with E-state index in [2.05, 4.69) is 10.4 Å². The summed E-state index contributed by atoms with van der Waals surface area (Å²) in [6.45, 7) is 7.00. The van der Waals surface area contributed by atoms with Crippen molar-refractivity contribution in [2.24, 2.45) is 0 Å². The summed E-state index contributed by atoms with van der Waals surface area (Å²) in [5.41, 5.74) is 4.88. The first-order valence-electron chi connectivity index (χ1n) is 10.7. The van der Waals surface area contributed by atoms with E-state index in [1.807, 2.05) is 85.0 Å². The van der Waals surface area contributed by atoms with Gasteiger partial charge >= 0.3 is 0 Å². The molecule has 2 amide bonds. The number of hydrogen-bond donors (Lipinski definition) is 1. The van der Waals surface area contributed by atoms with Crippen molar-refractivity contribution in [2.75, 3.05) is 13.1 Å². The maximum atomic E-state index is 13.3. The number of para-hydroxylation sites is 1. The van der Waals surface area contributed by atoms with Gasteiger partial charge in [0.15, 0.2) is 0 Å². The molecule has 2 heterocycles. The molecule has 2 aromatic carbocycles. The Hall–Kier alpha value is -3.41. The number of carbonyl (C=O) groups excluding carboxylic acids is 2. The fourth-order valence-electron chi connectivity index (χ4n) is 4.25. The molecule has 0 bridgehead atoms. The highest BCUT2D eigenvalue weighted by molar-refractivity contribution is 5.97. The number of likely N-dealkylation sites (tertiary alicyclic amines) is 1. The SMILES string of the molecule is Cc1ccccc1C(=O)NC1CCN(C(=O)c2c(C)nn(-c3ccccc3)c2C)CC1. The van der Waals surface area contributed by atoms with Crippen molar-refractivity contribution in [3.63, 3.8) is 0 Å². The van der Waals surface area contributed by atoms with Gasteiger partial charge in [-0.25, -0.2) is 4.68 Å². The van der Waals surface area contributed by atoms with Crippen molar-refractivity contribution in [1.82, 2.24) is 20.0 Å². The summed E-state index contributed by atoms with van der Waals surface area (Å²) in [6, 6.07) is 17.5. The van der Waals surface area contributed by atoms with Crippen molar-refractivity contribution < 1.29 is 9.59 Å². The maximum absolute atomic E-state index is 13.3. The van der Waals surface area contributed by atoms with Gasteiger partial charge < -0.3 is 10.2 Å². The molecule has 31 heavy (non-hydrogen) atoms. The van der Waals surface area contributed by atoms with Gasteiger partial charge in [0.05, 0.1) is 22.6 Å². The predicted molar refractivity (Wildman–Crippen MR) is 121 cm³/mol. The van der Waals surface area contributed by atoms with Crippen LogP contribution in [0.1, 0.15) is 50.5 Å². The van der Waals surface area contributed by atoms with Crippen molar-refractivity contribution in [3.8, 4) is 5.69 Å². The molecular formula is C25H28N4O2. The summed E-state index contributed by atoms with van der Waals surface area (Å²) >= 11 is 0. The second kappa shape index (κ2) is 8.76. The number of piperidine rings is 1. The number of hydrogen-bond acceptors (Lipinski definition) is 3. The molecule has 1 aromatic heterocycles. The number of amides is 2.